The first-order valence-electron chi connectivity index (χ1n) is 5.23. The van der Waals surface area contributed by atoms with Crippen molar-refractivity contribution >= 4 is 17.4 Å². The van der Waals surface area contributed by atoms with E-state index in [1.54, 1.807) is 0 Å². The lowest BCUT2D eigenvalue weighted by Crippen LogP contribution is -2.28. The Hall–Kier alpha value is -0.870. The van der Waals surface area contributed by atoms with E-state index in [0.29, 0.717) is 5.15 Å². The Kier molecular flexibility index (Phi) is 3.38. The summed E-state index contributed by atoms with van der Waals surface area (Å²) in [6, 6.07) is 2.00. The average molecular weight is 227 g/mol. The second-order valence-electron chi connectivity index (χ2n) is 3.77. The van der Waals surface area contributed by atoms with Crippen molar-refractivity contribution in [3.8, 4) is 0 Å². The van der Waals surface area contributed by atoms with Crippen LogP contribution in [0.1, 0.15) is 12.0 Å². The lowest BCUT2D eigenvalue weighted by molar-refractivity contribution is 0.724. The number of hydrogen-bond acceptors (Lipinski definition) is 4. The molecule has 0 radical (unpaired) electrons. The van der Waals surface area contributed by atoms with E-state index in [1.807, 2.05) is 13.0 Å². The van der Waals surface area contributed by atoms with Crippen molar-refractivity contribution in [3.05, 3.63) is 16.8 Å². The van der Waals surface area contributed by atoms with Crippen molar-refractivity contribution in [2.24, 2.45) is 0 Å². The van der Waals surface area contributed by atoms with Crippen molar-refractivity contribution in [3.63, 3.8) is 0 Å². The average Bonchev–Trinajstić information content (AvgIpc) is 2.50. The van der Waals surface area contributed by atoms with E-state index in [1.165, 1.54) is 0 Å². The number of halogens is 1. The fourth-order valence-electron chi connectivity index (χ4n) is 1.69. The third-order valence-electron chi connectivity index (χ3n) is 2.58. The van der Waals surface area contributed by atoms with Gasteiger partial charge in [0.25, 0.3) is 0 Å². The van der Waals surface area contributed by atoms with Gasteiger partial charge in [-0.2, -0.15) is 0 Å². The summed E-state index contributed by atoms with van der Waals surface area (Å²) in [6.07, 6.45) is 1.14. The molecule has 0 aliphatic carbocycles. The van der Waals surface area contributed by atoms with E-state index in [2.05, 4.69) is 20.4 Å². The molecule has 2 heterocycles. The van der Waals surface area contributed by atoms with Gasteiger partial charge in [-0.25, -0.2) is 0 Å². The minimum Gasteiger partial charge on any atom is -0.354 e. The van der Waals surface area contributed by atoms with Gasteiger partial charge in [-0.1, -0.05) is 11.6 Å². The van der Waals surface area contributed by atoms with Crippen molar-refractivity contribution in [2.45, 2.75) is 13.3 Å². The number of nitrogens with one attached hydrogen (secondary N) is 1. The Labute approximate surface area is 94.6 Å². The van der Waals surface area contributed by atoms with Gasteiger partial charge in [0, 0.05) is 19.6 Å². The number of anilines is 1. The van der Waals surface area contributed by atoms with Crippen LogP contribution in [0, 0.1) is 6.92 Å². The molecular formula is C10H15ClN4. The summed E-state index contributed by atoms with van der Waals surface area (Å²) in [7, 11) is 0. The Bertz CT molecular complexity index is 334. The lowest BCUT2D eigenvalue weighted by atomic mass is 10.3. The first-order valence-corrected chi connectivity index (χ1v) is 5.60. The molecule has 0 spiro atoms. The number of aromatic nitrogens is 2. The molecule has 15 heavy (non-hydrogen) atoms. The smallest absolute Gasteiger partial charge is 0.154 e. The van der Waals surface area contributed by atoms with Gasteiger partial charge in [-0.3, -0.25) is 0 Å². The number of nitrogens with zero attached hydrogens (tertiary/aromatic N) is 3. The number of hydrogen-bond donors (Lipinski definition) is 1. The second-order valence-corrected chi connectivity index (χ2v) is 4.12. The summed E-state index contributed by atoms with van der Waals surface area (Å²) in [4.78, 5) is 2.25. The monoisotopic (exact) mass is 226 g/mol. The molecule has 0 saturated carbocycles. The largest absolute Gasteiger partial charge is 0.354 e. The van der Waals surface area contributed by atoms with Gasteiger partial charge in [0.05, 0.1) is 0 Å². The molecule has 1 N–H and O–H groups in total. The summed E-state index contributed by atoms with van der Waals surface area (Å²) in [5, 5.41) is 11.9. The highest BCUT2D eigenvalue weighted by Crippen LogP contribution is 2.17. The van der Waals surface area contributed by atoms with E-state index >= 15 is 0 Å². The van der Waals surface area contributed by atoms with E-state index in [9.17, 15) is 0 Å². The Morgan fingerprint density at radius 2 is 2.20 bits per heavy atom. The minimum absolute atomic E-state index is 0.492. The van der Waals surface area contributed by atoms with Crippen molar-refractivity contribution in [1.82, 2.24) is 15.5 Å². The van der Waals surface area contributed by atoms with Gasteiger partial charge in [0.2, 0.25) is 0 Å². The molecule has 1 saturated heterocycles. The Morgan fingerprint density at radius 1 is 1.33 bits per heavy atom. The molecule has 1 aromatic heterocycles. The van der Waals surface area contributed by atoms with Crippen molar-refractivity contribution < 1.29 is 0 Å². The zero-order valence-corrected chi connectivity index (χ0v) is 9.59. The normalized spacial score (nSPS) is 17.6. The van der Waals surface area contributed by atoms with Gasteiger partial charge < -0.3 is 10.2 Å². The summed E-state index contributed by atoms with van der Waals surface area (Å²) in [5.41, 5.74) is 0.985. The molecule has 1 aromatic rings. The predicted octanol–water partition coefficient (Wildman–Crippen LogP) is 1.24. The van der Waals surface area contributed by atoms with E-state index in [0.717, 1.165) is 44.0 Å². The van der Waals surface area contributed by atoms with Crippen molar-refractivity contribution in [1.29, 1.82) is 0 Å². The molecule has 1 fully saturated rings. The maximum Gasteiger partial charge on any atom is 0.154 e. The van der Waals surface area contributed by atoms with Crippen LogP contribution in [0.4, 0.5) is 5.82 Å². The molecule has 2 rings (SSSR count). The van der Waals surface area contributed by atoms with Gasteiger partial charge in [0.1, 0.15) is 0 Å². The Morgan fingerprint density at radius 3 is 3.00 bits per heavy atom. The third kappa shape index (κ3) is 2.58. The molecular weight excluding hydrogens is 212 g/mol. The molecule has 1 aliphatic rings. The zero-order valence-electron chi connectivity index (χ0n) is 8.83. The topological polar surface area (TPSA) is 41.0 Å². The quantitative estimate of drug-likeness (QED) is 0.783. The first-order chi connectivity index (χ1) is 7.27. The molecule has 82 valence electrons. The molecule has 0 bridgehead atoms. The zero-order chi connectivity index (χ0) is 10.7. The van der Waals surface area contributed by atoms with Crippen LogP contribution < -0.4 is 10.2 Å². The second kappa shape index (κ2) is 4.77. The Balaban J connectivity index is 2.16. The number of aryl methyl sites for hydroxylation is 1. The van der Waals surface area contributed by atoms with E-state index < -0.39 is 0 Å². The molecule has 0 aromatic carbocycles. The maximum atomic E-state index is 5.85. The standard InChI is InChI=1S/C10H15ClN4/c1-8-7-9(13-14-10(8)11)15-5-2-3-12-4-6-15/h7,12H,2-6H2,1H3. The summed E-state index contributed by atoms with van der Waals surface area (Å²) >= 11 is 5.85. The highest BCUT2D eigenvalue weighted by Gasteiger charge is 2.11. The summed E-state index contributed by atoms with van der Waals surface area (Å²) in [6.45, 7) is 6.05. The van der Waals surface area contributed by atoms with E-state index in [-0.39, 0.29) is 0 Å². The maximum absolute atomic E-state index is 5.85. The van der Waals surface area contributed by atoms with Crippen LogP contribution in [0.25, 0.3) is 0 Å². The molecule has 0 amide bonds. The van der Waals surface area contributed by atoms with Gasteiger partial charge >= 0.3 is 0 Å². The fraction of sp³-hybridized carbons (Fsp3) is 0.600. The van der Waals surface area contributed by atoms with Gasteiger partial charge in [-0.15, -0.1) is 10.2 Å². The highest BCUT2D eigenvalue weighted by atomic mass is 35.5. The molecule has 0 unspecified atom stereocenters. The van der Waals surface area contributed by atoms with Crippen LogP contribution in [0.5, 0.6) is 0 Å². The molecule has 1 aliphatic heterocycles. The van der Waals surface area contributed by atoms with Crippen LogP contribution in [0.3, 0.4) is 0 Å². The SMILES string of the molecule is Cc1cc(N2CCCNCC2)nnc1Cl. The van der Waals surface area contributed by atoms with Crippen LogP contribution in [-0.4, -0.2) is 36.4 Å². The van der Waals surface area contributed by atoms with Crippen molar-refractivity contribution in [2.75, 3.05) is 31.1 Å². The first kappa shape index (κ1) is 10.6. The highest BCUT2D eigenvalue weighted by molar-refractivity contribution is 6.30. The fourth-order valence-corrected chi connectivity index (χ4v) is 1.78. The van der Waals surface area contributed by atoms with Crippen LogP contribution in [0.2, 0.25) is 5.15 Å². The summed E-state index contributed by atoms with van der Waals surface area (Å²) < 4.78 is 0. The van der Waals surface area contributed by atoms with Crippen LogP contribution in [-0.2, 0) is 0 Å². The van der Waals surface area contributed by atoms with E-state index in [4.69, 9.17) is 11.6 Å². The van der Waals surface area contributed by atoms with Crippen LogP contribution in [0.15, 0.2) is 6.07 Å². The predicted molar refractivity (Wildman–Crippen MR) is 61.5 cm³/mol. The molecule has 0 atom stereocenters. The lowest BCUT2D eigenvalue weighted by Gasteiger charge is -2.20. The molecule has 4 nitrogen and oxygen atoms in total. The number of rotatable bonds is 1. The molecule has 5 heteroatoms. The summed E-state index contributed by atoms with van der Waals surface area (Å²) in [5.74, 6) is 0.931. The third-order valence-corrected chi connectivity index (χ3v) is 2.95. The van der Waals surface area contributed by atoms with Gasteiger partial charge in [0.15, 0.2) is 11.0 Å². The minimum atomic E-state index is 0.492. The van der Waals surface area contributed by atoms with Crippen LogP contribution >= 0.6 is 11.6 Å². The van der Waals surface area contributed by atoms with Gasteiger partial charge in [-0.05, 0) is 31.5 Å².